The molecule has 1 aromatic rings. The van der Waals surface area contributed by atoms with Crippen LogP contribution >= 0.6 is 0 Å². The average Bonchev–Trinajstić information content (AvgIpc) is 2.59. The maximum Gasteiger partial charge on any atom is 0.340 e. The molecule has 0 saturated carbocycles. The van der Waals surface area contributed by atoms with Crippen LogP contribution in [0.3, 0.4) is 0 Å². The molecule has 0 aromatic heterocycles. The van der Waals surface area contributed by atoms with Gasteiger partial charge in [-0.05, 0) is 19.4 Å². The number of nitrogens with one attached hydrogen (secondary N) is 1. The summed E-state index contributed by atoms with van der Waals surface area (Å²) in [7, 11) is 0. The number of benzene rings is 1. The Hall–Kier alpha value is -2.41. The van der Waals surface area contributed by atoms with E-state index in [1.165, 1.54) is 0 Å². The minimum absolute atomic E-state index is 0.0870. The number of nitrogens with two attached hydrogens (primary N) is 1. The van der Waals surface area contributed by atoms with Crippen LogP contribution in [0.2, 0.25) is 0 Å². The van der Waals surface area contributed by atoms with E-state index >= 15 is 0 Å². The van der Waals surface area contributed by atoms with Crippen LogP contribution in [0.4, 0.5) is 0 Å². The molecule has 7 heteroatoms. The highest BCUT2D eigenvalue weighted by Gasteiger charge is 2.33. The van der Waals surface area contributed by atoms with Gasteiger partial charge in [-0.2, -0.15) is 0 Å². The Balaban J connectivity index is 2.82. The highest BCUT2D eigenvalue weighted by atomic mass is 16.6. The van der Waals surface area contributed by atoms with Crippen LogP contribution in [0.15, 0.2) is 30.3 Å². The molecule has 1 amide bonds. The molecule has 0 heterocycles. The number of rotatable bonds is 8. The second-order valence-electron chi connectivity index (χ2n) is 5.17. The predicted molar refractivity (Wildman–Crippen MR) is 87.7 cm³/mol. The summed E-state index contributed by atoms with van der Waals surface area (Å²) >= 11 is 0. The molecule has 2 unspecified atom stereocenters. The Morgan fingerprint density at radius 2 is 1.54 bits per heavy atom. The molecule has 0 aliphatic carbocycles. The van der Waals surface area contributed by atoms with Crippen LogP contribution in [-0.2, 0) is 23.9 Å². The molecule has 0 aliphatic rings. The molecule has 0 saturated heterocycles. The monoisotopic (exact) mass is 336 g/mol. The first-order valence-electron chi connectivity index (χ1n) is 7.86. The van der Waals surface area contributed by atoms with Crippen LogP contribution in [0.1, 0.15) is 32.4 Å². The first kappa shape index (κ1) is 19.6. The van der Waals surface area contributed by atoms with Crippen molar-refractivity contribution in [3.8, 4) is 0 Å². The molecule has 0 radical (unpaired) electrons. The number of esters is 2. The number of hydrogen-bond acceptors (Lipinski definition) is 6. The molecule has 1 rings (SSSR count). The lowest BCUT2D eigenvalue weighted by Gasteiger charge is -2.22. The van der Waals surface area contributed by atoms with Gasteiger partial charge in [-0.25, -0.2) is 9.59 Å². The number of carbonyl (C=O) groups excluding carboxylic acids is 3. The maximum absolute atomic E-state index is 12.4. The second-order valence-corrected chi connectivity index (χ2v) is 5.17. The third kappa shape index (κ3) is 5.34. The van der Waals surface area contributed by atoms with E-state index in [-0.39, 0.29) is 13.2 Å². The molecule has 2 atom stereocenters. The molecule has 3 N–H and O–H groups in total. The van der Waals surface area contributed by atoms with Gasteiger partial charge in [0.05, 0.1) is 19.1 Å². The fourth-order valence-corrected chi connectivity index (χ4v) is 2.07. The Morgan fingerprint density at radius 3 is 2.00 bits per heavy atom. The molecule has 132 valence electrons. The number of hydrogen-bond donors (Lipinski definition) is 2. The van der Waals surface area contributed by atoms with Gasteiger partial charge in [-0.3, -0.25) is 4.79 Å². The fourth-order valence-electron chi connectivity index (χ4n) is 2.07. The Kier molecular flexibility index (Phi) is 7.91. The van der Waals surface area contributed by atoms with Crippen molar-refractivity contribution in [3.63, 3.8) is 0 Å². The number of amides is 1. The van der Waals surface area contributed by atoms with Crippen molar-refractivity contribution < 1.29 is 23.9 Å². The van der Waals surface area contributed by atoms with E-state index in [9.17, 15) is 14.4 Å². The molecule has 0 spiro atoms. The fraction of sp³-hybridized carbons (Fsp3) is 0.471. The van der Waals surface area contributed by atoms with E-state index in [2.05, 4.69) is 5.32 Å². The lowest BCUT2D eigenvalue weighted by molar-refractivity contribution is -0.160. The van der Waals surface area contributed by atoms with Gasteiger partial charge >= 0.3 is 11.9 Å². The minimum atomic E-state index is -1.50. The van der Waals surface area contributed by atoms with Crippen molar-refractivity contribution in [1.82, 2.24) is 5.32 Å². The van der Waals surface area contributed by atoms with Crippen LogP contribution in [-0.4, -0.2) is 37.1 Å². The zero-order valence-corrected chi connectivity index (χ0v) is 14.2. The predicted octanol–water partition coefficient (Wildman–Crippen LogP) is 0.933. The summed E-state index contributed by atoms with van der Waals surface area (Å²) in [5, 5.41) is 2.37. The molecule has 0 bridgehead atoms. The summed E-state index contributed by atoms with van der Waals surface area (Å²) in [6.07, 6.45) is 0. The summed E-state index contributed by atoms with van der Waals surface area (Å²) in [4.78, 5) is 36.2. The van der Waals surface area contributed by atoms with E-state index in [1.807, 2.05) is 30.3 Å². The van der Waals surface area contributed by atoms with Gasteiger partial charge in [-0.1, -0.05) is 37.3 Å². The maximum atomic E-state index is 12.4. The molecule has 7 nitrogen and oxygen atoms in total. The molecular formula is C17H24N2O5. The van der Waals surface area contributed by atoms with Gasteiger partial charge in [0.1, 0.15) is 0 Å². The van der Waals surface area contributed by atoms with Crippen molar-refractivity contribution in [2.75, 3.05) is 13.2 Å². The van der Waals surface area contributed by atoms with Gasteiger partial charge in [0, 0.05) is 6.04 Å². The van der Waals surface area contributed by atoms with Gasteiger partial charge in [-0.15, -0.1) is 0 Å². The zero-order valence-electron chi connectivity index (χ0n) is 14.2. The summed E-state index contributed by atoms with van der Waals surface area (Å²) < 4.78 is 9.62. The van der Waals surface area contributed by atoms with E-state index in [4.69, 9.17) is 15.2 Å². The van der Waals surface area contributed by atoms with E-state index in [0.717, 1.165) is 5.56 Å². The van der Waals surface area contributed by atoms with Crippen molar-refractivity contribution in [1.29, 1.82) is 0 Å². The molecule has 0 fully saturated rings. The second kappa shape index (κ2) is 9.67. The van der Waals surface area contributed by atoms with E-state index < -0.39 is 35.8 Å². The first-order chi connectivity index (χ1) is 11.4. The number of carbonyl (C=O) groups is 3. The SMILES string of the molecule is CCOC(=O)C(NC(=O)C(C)C(N)c1ccccc1)C(=O)OCC. The highest BCUT2D eigenvalue weighted by Crippen LogP contribution is 2.19. The van der Waals surface area contributed by atoms with Crippen LogP contribution in [0, 0.1) is 5.92 Å². The van der Waals surface area contributed by atoms with Crippen LogP contribution in [0.25, 0.3) is 0 Å². The Morgan fingerprint density at radius 1 is 1.04 bits per heavy atom. The van der Waals surface area contributed by atoms with Gasteiger partial charge < -0.3 is 20.5 Å². The zero-order chi connectivity index (χ0) is 18.1. The summed E-state index contributed by atoms with van der Waals surface area (Å²) in [5.41, 5.74) is 6.87. The third-order valence-corrected chi connectivity index (χ3v) is 3.47. The minimum Gasteiger partial charge on any atom is -0.464 e. The Bertz CT molecular complexity index is 543. The van der Waals surface area contributed by atoms with Crippen molar-refractivity contribution in [2.45, 2.75) is 32.9 Å². The molecule has 0 aliphatic heterocycles. The van der Waals surface area contributed by atoms with Crippen molar-refractivity contribution >= 4 is 17.8 Å². The van der Waals surface area contributed by atoms with E-state index in [1.54, 1.807) is 20.8 Å². The van der Waals surface area contributed by atoms with Crippen molar-refractivity contribution in [3.05, 3.63) is 35.9 Å². The van der Waals surface area contributed by atoms with Crippen LogP contribution < -0.4 is 11.1 Å². The largest absolute Gasteiger partial charge is 0.464 e. The normalized spacial score (nSPS) is 13.0. The smallest absolute Gasteiger partial charge is 0.340 e. The average molecular weight is 336 g/mol. The molecular weight excluding hydrogens is 312 g/mol. The van der Waals surface area contributed by atoms with Gasteiger partial charge in [0.2, 0.25) is 11.9 Å². The lowest BCUT2D eigenvalue weighted by Crippen LogP contribution is -2.50. The molecule has 1 aromatic carbocycles. The Labute approximate surface area is 141 Å². The van der Waals surface area contributed by atoms with E-state index in [0.29, 0.717) is 0 Å². The summed E-state index contributed by atoms with van der Waals surface area (Å²) in [5.74, 6) is -2.90. The third-order valence-electron chi connectivity index (χ3n) is 3.47. The topological polar surface area (TPSA) is 108 Å². The first-order valence-corrected chi connectivity index (χ1v) is 7.86. The van der Waals surface area contributed by atoms with Crippen molar-refractivity contribution in [2.24, 2.45) is 11.7 Å². The summed E-state index contributed by atoms with van der Waals surface area (Å²) in [6.45, 7) is 5.01. The summed E-state index contributed by atoms with van der Waals surface area (Å²) in [6, 6.07) is 7.03. The lowest BCUT2D eigenvalue weighted by atomic mass is 9.94. The number of ether oxygens (including phenoxy) is 2. The quantitative estimate of drug-likeness (QED) is 0.540. The standard InChI is InChI=1S/C17H24N2O5/c1-4-23-16(21)14(17(22)24-5-2)19-15(20)11(3)13(18)12-9-7-6-8-10-12/h6-11,13-14H,4-5,18H2,1-3H3,(H,19,20). The molecule has 24 heavy (non-hydrogen) atoms. The van der Waals surface area contributed by atoms with Gasteiger partial charge in [0.15, 0.2) is 0 Å². The highest BCUT2D eigenvalue weighted by molar-refractivity contribution is 6.02. The van der Waals surface area contributed by atoms with Gasteiger partial charge in [0.25, 0.3) is 0 Å². The van der Waals surface area contributed by atoms with Crippen LogP contribution in [0.5, 0.6) is 0 Å².